The predicted octanol–water partition coefficient (Wildman–Crippen LogP) is 4.11. The van der Waals surface area contributed by atoms with Gasteiger partial charge in [-0.05, 0) is 31.3 Å². The molecule has 0 aliphatic carbocycles. The van der Waals surface area contributed by atoms with E-state index in [1.165, 1.54) is 6.07 Å². The Morgan fingerprint density at radius 3 is 2.53 bits per heavy atom. The highest BCUT2D eigenvalue weighted by Gasteiger charge is 2.30. The molecule has 0 bridgehead atoms. The molecule has 2 aromatic rings. The SMILES string of the molecule is CNCc1ccc(-c2cccc(C(F)(F)F)c2)o1.Cl. The summed E-state index contributed by atoms with van der Waals surface area (Å²) in [6.07, 6.45) is -4.34. The van der Waals surface area contributed by atoms with Gasteiger partial charge in [0.1, 0.15) is 11.5 Å². The van der Waals surface area contributed by atoms with Gasteiger partial charge in [0.05, 0.1) is 12.1 Å². The third-order valence-corrected chi connectivity index (χ3v) is 2.49. The van der Waals surface area contributed by atoms with Gasteiger partial charge in [-0.25, -0.2) is 0 Å². The van der Waals surface area contributed by atoms with Crippen molar-refractivity contribution >= 4 is 12.4 Å². The number of furan rings is 1. The number of hydrogen-bond donors (Lipinski definition) is 1. The molecule has 1 heterocycles. The first-order valence-corrected chi connectivity index (χ1v) is 5.41. The summed E-state index contributed by atoms with van der Waals surface area (Å²) in [5, 5.41) is 2.91. The van der Waals surface area contributed by atoms with Crippen LogP contribution in [0, 0.1) is 0 Å². The van der Waals surface area contributed by atoms with Crippen LogP contribution in [0.2, 0.25) is 0 Å². The van der Waals surface area contributed by atoms with Crippen molar-refractivity contribution in [2.45, 2.75) is 12.7 Å². The van der Waals surface area contributed by atoms with Crippen LogP contribution in [0.3, 0.4) is 0 Å². The Labute approximate surface area is 115 Å². The zero-order chi connectivity index (χ0) is 13.2. The highest BCUT2D eigenvalue weighted by Crippen LogP contribution is 2.32. The van der Waals surface area contributed by atoms with Crippen LogP contribution in [-0.4, -0.2) is 7.05 Å². The fourth-order valence-electron chi connectivity index (χ4n) is 1.65. The van der Waals surface area contributed by atoms with E-state index in [4.69, 9.17) is 4.42 Å². The normalized spacial score (nSPS) is 11.2. The van der Waals surface area contributed by atoms with Gasteiger partial charge in [-0.3, -0.25) is 0 Å². The lowest BCUT2D eigenvalue weighted by atomic mass is 10.1. The maximum absolute atomic E-state index is 12.6. The zero-order valence-corrected chi connectivity index (χ0v) is 10.9. The van der Waals surface area contributed by atoms with Crippen LogP contribution in [0.4, 0.5) is 13.2 Å². The van der Waals surface area contributed by atoms with Gasteiger partial charge in [0.25, 0.3) is 0 Å². The van der Waals surface area contributed by atoms with Gasteiger partial charge in [0, 0.05) is 5.56 Å². The zero-order valence-electron chi connectivity index (χ0n) is 10.1. The highest BCUT2D eigenvalue weighted by molar-refractivity contribution is 5.85. The van der Waals surface area contributed by atoms with Crippen molar-refractivity contribution in [3.8, 4) is 11.3 Å². The number of hydrogen-bond acceptors (Lipinski definition) is 2. The standard InChI is InChI=1S/C13H12F3NO.ClH/c1-17-8-11-5-6-12(18-11)9-3-2-4-10(7-9)13(14,15)16;/h2-7,17H,8H2,1H3;1H. The monoisotopic (exact) mass is 291 g/mol. The summed E-state index contributed by atoms with van der Waals surface area (Å²) in [7, 11) is 1.77. The van der Waals surface area contributed by atoms with E-state index in [1.807, 2.05) is 0 Å². The third-order valence-electron chi connectivity index (χ3n) is 2.49. The molecule has 6 heteroatoms. The molecule has 104 valence electrons. The second-order valence-corrected chi connectivity index (χ2v) is 3.87. The molecule has 2 rings (SSSR count). The minimum Gasteiger partial charge on any atom is -0.460 e. The summed E-state index contributed by atoms with van der Waals surface area (Å²) < 4.78 is 43.2. The molecule has 0 unspecified atom stereocenters. The number of nitrogens with one attached hydrogen (secondary N) is 1. The molecule has 1 aromatic heterocycles. The summed E-state index contributed by atoms with van der Waals surface area (Å²) in [6, 6.07) is 8.51. The first-order chi connectivity index (χ1) is 8.50. The molecule has 0 saturated heterocycles. The molecular formula is C13H13ClF3NO. The molecule has 0 spiro atoms. The Kier molecular flexibility index (Phi) is 5.03. The molecule has 19 heavy (non-hydrogen) atoms. The van der Waals surface area contributed by atoms with E-state index < -0.39 is 11.7 Å². The van der Waals surface area contributed by atoms with E-state index in [0.29, 0.717) is 23.6 Å². The molecule has 0 saturated carbocycles. The lowest BCUT2D eigenvalue weighted by Crippen LogP contribution is -2.04. The molecular weight excluding hydrogens is 279 g/mol. The van der Waals surface area contributed by atoms with Gasteiger partial charge in [0.2, 0.25) is 0 Å². The van der Waals surface area contributed by atoms with Crippen molar-refractivity contribution in [2.75, 3.05) is 7.05 Å². The van der Waals surface area contributed by atoms with Crippen LogP contribution in [0.15, 0.2) is 40.8 Å². The van der Waals surface area contributed by atoms with Crippen molar-refractivity contribution in [3.63, 3.8) is 0 Å². The van der Waals surface area contributed by atoms with Gasteiger partial charge in [-0.15, -0.1) is 12.4 Å². The van der Waals surface area contributed by atoms with Crippen molar-refractivity contribution < 1.29 is 17.6 Å². The average molecular weight is 292 g/mol. The van der Waals surface area contributed by atoms with Crippen molar-refractivity contribution in [1.82, 2.24) is 5.32 Å². The molecule has 2 nitrogen and oxygen atoms in total. The lowest BCUT2D eigenvalue weighted by molar-refractivity contribution is -0.137. The Hall–Kier alpha value is -1.46. The van der Waals surface area contributed by atoms with E-state index in [-0.39, 0.29) is 12.4 Å². The van der Waals surface area contributed by atoms with Gasteiger partial charge in [0.15, 0.2) is 0 Å². The summed E-state index contributed by atoms with van der Waals surface area (Å²) in [5.41, 5.74) is -0.251. The molecule has 0 radical (unpaired) electrons. The lowest BCUT2D eigenvalue weighted by Gasteiger charge is -2.07. The summed E-state index contributed by atoms with van der Waals surface area (Å²) in [6.45, 7) is 0.541. The van der Waals surface area contributed by atoms with E-state index in [9.17, 15) is 13.2 Å². The second-order valence-electron chi connectivity index (χ2n) is 3.87. The van der Waals surface area contributed by atoms with Crippen molar-refractivity contribution in [3.05, 3.63) is 47.7 Å². The fourth-order valence-corrected chi connectivity index (χ4v) is 1.65. The van der Waals surface area contributed by atoms with Crippen molar-refractivity contribution in [1.29, 1.82) is 0 Å². The first-order valence-electron chi connectivity index (χ1n) is 5.41. The van der Waals surface area contributed by atoms with Gasteiger partial charge in [-0.2, -0.15) is 13.2 Å². The summed E-state index contributed by atoms with van der Waals surface area (Å²) >= 11 is 0. The number of rotatable bonds is 3. The fraction of sp³-hybridized carbons (Fsp3) is 0.231. The largest absolute Gasteiger partial charge is 0.460 e. The Balaban J connectivity index is 0.00000180. The average Bonchev–Trinajstić information content (AvgIpc) is 2.77. The van der Waals surface area contributed by atoms with Crippen LogP contribution in [0.1, 0.15) is 11.3 Å². The number of halogens is 4. The maximum Gasteiger partial charge on any atom is 0.416 e. The minimum absolute atomic E-state index is 0. The van der Waals surface area contributed by atoms with Crippen molar-refractivity contribution in [2.24, 2.45) is 0 Å². The van der Waals surface area contributed by atoms with Crippen LogP contribution in [-0.2, 0) is 12.7 Å². The van der Waals surface area contributed by atoms with Crippen LogP contribution < -0.4 is 5.32 Å². The third kappa shape index (κ3) is 3.75. The molecule has 0 aliphatic rings. The molecule has 0 fully saturated rings. The molecule has 0 atom stereocenters. The van der Waals surface area contributed by atoms with E-state index in [0.717, 1.165) is 12.1 Å². The quantitative estimate of drug-likeness (QED) is 0.921. The van der Waals surface area contributed by atoms with Gasteiger partial charge >= 0.3 is 6.18 Å². The summed E-state index contributed by atoms with van der Waals surface area (Å²) in [5.74, 6) is 1.12. The molecule has 0 aliphatic heterocycles. The van der Waals surface area contributed by atoms with E-state index >= 15 is 0 Å². The smallest absolute Gasteiger partial charge is 0.416 e. The Bertz CT molecular complexity index is 537. The second kappa shape index (κ2) is 6.12. The van der Waals surface area contributed by atoms with E-state index in [1.54, 1.807) is 25.2 Å². The number of alkyl halides is 3. The highest BCUT2D eigenvalue weighted by atomic mass is 35.5. The molecule has 1 aromatic carbocycles. The number of benzene rings is 1. The topological polar surface area (TPSA) is 25.2 Å². The Morgan fingerprint density at radius 1 is 1.16 bits per heavy atom. The maximum atomic E-state index is 12.6. The minimum atomic E-state index is -4.34. The molecule has 1 N–H and O–H groups in total. The van der Waals surface area contributed by atoms with E-state index in [2.05, 4.69) is 5.32 Å². The predicted molar refractivity (Wildman–Crippen MR) is 69.2 cm³/mol. The van der Waals surface area contributed by atoms with Crippen LogP contribution >= 0.6 is 12.4 Å². The summed E-state index contributed by atoms with van der Waals surface area (Å²) in [4.78, 5) is 0. The van der Waals surface area contributed by atoms with Gasteiger partial charge < -0.3 is 9.73 Å². The first kappa shape index (κ1) is 15.6. The van der Waals surface area contributed by atoms with Crippen LogP contribution in [0.25, 0.3) is 11.3 Å². The van der Waals surface area contributed by atoms with Crippen LogP contribution in [0.5, 0.6) is 0 Å². The van der Waals surface area contributed by atoms with Gasteiger partial charge in [-0.1, -0.05) is 12.1 Å². The molecule has 0 amide bonds. The Morgan fingerprint density at radius 2 is 1.89 bits per heavy atom.